The van der Waals surface area contributed by atoms with Crippen molar-refractivity contribution in [1.29, 1.82) is 0 Å². The summed E-state index contributed by atoms with van der Waals surface area (Å²) in [5.41, 5.74) is 3.35. The van der Waals surface area contributed by atoms with Crippen LogP contribution in [0.4, 0.5) is 4.39 Å². The van der Waals surface area contributed by atoms with E-state index in [9.17, 15) is 4.39 Å². The molecule has 0 saturated carbocycles. The van der Waals surface area contributed by atoms with Gasteiger partial charge in [-0.3, -0.25) is 0 Å². The lowest BCUT2D eigenvalue weighted by atomic mass is 10.0. The van der Waals surface area contributed by atoms with Crippen molar-refractivity contribution in [3.8, 4) is 0 Å². The Morgan fingerprint density at radius 1 is 1.42 bits per heavy atom. The lowest BCUT2D eigenvalue weighted by Crippen LogP contribution is -1.90. The predicted octanol–water partition coefficient (Wildman–Crippen LogP) is 3.18. The van der Waals surface area contributed by atoms with E-state index in [4.69, 9.17) is 0 Å². The molecule has 1 aliphatic rings. The van der Waals surface area contributed by atoms with Crippen molar-refractivity contribution in [1.82, 2.24) is 0 Å². The topological polar surface area (TPSA) is 0 Å². The van der Waals surface area contributed by atoms with Crippen LogP contribution in [0.2, 0.25) is 0 Å². The molecule has 0 spiro atoms. The van der Waals surface area contributed by atoms with Gasteiger partial charge in [-0.15, -0.1) is 0 Å². The van der Waals surface area contributed by atoms with Crippen LogP contribution >= 0.6 is 0 Å². The van der Waals surface area contributed by atoms with Gasteiger partial charge in [0.25, 0.3) is 0 Å². The van der Waals surface area contributed by atoms with Gasteiger partial charge in [0.05, 0.1) is 0 Å². The molecular weight excluding hydrogens is 151 g/mol. The minimum atomic E-state index is -0.0529. The molecule has 0 radical (unpaired) electrons. The van der Waals surface area contributed by atoms with Gasteiger partial charge in [0.1, 0.15) is 5.82 Å². The molecule has 0 nitrogen and oxygen atoms in total. The normalized spacial score (nSPS) is 21.1. The number of halogens is 1. The Kier molecular flexibility index (Phi) is 1.67. The van der Waals surface area contributed by atoms with Crippen LogP contribution in [-0.4, -0.2) is 0 Å². The summed E-state index contributed by atoms with van der Waals surface area (Å²) in [7, 11) is 0. The molecule has 0 N–H and O–H groups in total. The summed E-state index contributed by atoms with van der Waals surface area (Å²) in [5, 5.41) is 0. The summed E-state index contributed by atoms with van der Waals surface area (Å²) in [4.78, 5) is 0. The third-order valence-corrected chi connectivity index (χ3v) is 2.80. The Balaban J connectivity index is 2.56. The first kappa shape index (κ1) is 7.78. The number of fused-ring (bicyclic) bond motifs is 1. The van der Waals surface area contributed by atoms with Crippen LogP contribution in [0.5, 0.6) is 0 Å². The lowest BCUT2D eigenvalue weighted by Gasteiger charge is -2.05. The summed E-state index contributed by atoms with van der Waals surface area (Å²) in [6.45, 7) is 4.05. The summed E-state index contributed by atoms with van der Waals surface area (Å²) >= 11 is 0. The second kappa shape index (κ2) is 2.58. The summed E-state index contributed by atoms with van der Waals surface area (Å²) < 4.78 is 13.1. The third-order valence-electron chi connectivity index (χ3n) is 2.80. The van der Waals surface area contributed by atoms with Crippen LogP contribution in [0, 0.1) is 12.7 Å². The summed E-state index contributed by atoms with van der Waals surface area (Å²) in [6, 6.07) is 3.70. The molecule has 0 aliphatic heterocycles. The van der Waals surface area contributed by atoms with Crippen molar-refractivity contribution >= 4 is 0 Å². The van der Waals surface area contributed by atoms with Crippen LogP contribution < -0.4 is 0 Å². The highest BCUT2D eigenvalue weighted by Gasteiger charge is 2.19. The Hall–Kier alpha value is -0.850. The number of rotatable bonds is 0. The fourth-order valence-electron chi connectivity index (χ4n) is 1.95. The fourth-order valence-corrected chi connectivity index (χ4v) is 1.95. The Bertz CT molecular complexity index is 315. The third kappa shape index (κ3) is 1.04. The maximum absolute atomic E-state index is 13.1. The smallest absolute Gasteiger partial charge is 0.126 e. The van der Waals surface area contributed by atoms with Crippen LogP contribution in [0.1, 0.15) is 36.0 Å². The molecular formula is C11H13F. The van der Waals surface area contributed by atoms with E-state index in [2.05, 4.69) is 6.92 Å². The maximum Gasteiger partial charge on any atom is 0.126 e. The second-order valence-corrected chi connectivity index (χ2v) is 3.74. The van der Waals surface area contributed by atoms with Gasteiger partial charge in [-0.1, -0.05) is 13.0 Å². The van der Waals surface area contributed by atoms with Gasteiger partial charge in [0.2, 0.25) is 0 Å². The SMILES string of the molecule is Cc1cc2c(cc1F)CC[C@@H]2C. The fraction of sp³-hybridized carbons (Fsp3) is 0.455. The first-order chi connectivity index (χ1) is 5.68. The minimum absolute atomic E-state index is 0.0529. The highest BCUT2D eigenvalue weighted by molar-refractivity contribution is 5.38. The Morgan fingerprint density at radius 2 is 2.17 bits per heavy atom. The van der Waals surface area contributed by atoms with Gasteiger partial charge in [0.15, 0.2) is 0 Å². The molecule has 64 valence electrons. The molecule has 0 unspecified atom stereocenters. The predicted molar refractivity (Wildman–Crippen MR) is 47.9 cm³/mol. The zero-order valence-electron chi connectivity index (χ0n) is 7.52. The van der Waals surface area contributed by atoms with Gasteiger partial charge in [-0.25, -0.2) is 4.39 Å². The van der Waals surface area contributed by atoms with E-state index in [0.29, 0.717) is 5.92 Å². The highest BCUT2D eigenvalue weighted by atomic mass is 19.1. The average Bonchev–Trinajstić information content (AvgIpc) is 2.35. The largest absolute Gasteiger partial charge is 0.207 e. The van der Waals surface area contributed by atoms with Crippen molar-refractivity contribution in [2.45, 2.75) is 32.6 Å². The average molecular weight is 164 g/mol. The van der Waals surface area contributed by atoms with Crippen molar-refractivity contribution in [2.75, 3.05) is 0 Å². The number of aryl methyl sites for hydroxylation is 2. The van der Waals surface area contributed by atoms with E-state index < -0.39 is 0 Å². The monoisotopic (exact) mass is 164 g/mol. The molecule has 0 saturated heterocycles. The molecule has 0 aromatic heterocycles. The van der Waals surface area contributed by atoms with E-state index >= 15 is 0 Å². The number of benzene rings is 1. The standard InChI is InChI=1S/C11H13F/c1-7-3-4-9-6-11(12)8(2)5-10(7)9/h5-7H,3-4H2,1-2H3/t7-/m0/s1. The summed E-state index contributed by atoms with van der Waals surface area (Å²) in [6.07, 6.45) is 2.23. The van der Waals surface area contributed by atoms with Gasteiger partial charge < -0.3 is 0 Å². The van der Waals surface area contributed by atoms with Crippen LogP contribution in [0.3, 0.4) is 0 Å². The van der Waals surface area contributed by atoms with Gasteiger partial charge in [-0.05, 0) is 48.4 Å². The lowest BCUT2D eigenvalue weighted by molar-refractivity contribution is 0.616. The molecule has 0 amide bonds. The minimum Gasteiger partial charge on any atom is -0.207 e. The second-order valence-electron chi connectivity index (χ2n) is 3.74. The van der Waals surface area contributed by atoms with Crippen molar-refractivity contribution < 1.29 is 4.39 Å². The Labute approximate surface area is 72.4 Å². The van der Waals surface area contributed by atoms with E-state index in [0.717, 1.165) is 12.0 Å². The first-order valence-corrected chi connectivity index (χ1v) is 4.47. The maximum atomic E-state index is 13.1. The van der Waals surface area contributed by atoms with Crippen LogP contribution in [0.25, 0.3) is 0 Å². The van der Waals surface area contributed by atoms with Crippen LogP contribution in [-0.2, 0) is 6.42 Å². The molecule has 12 heavy (non-hydrogen) atoms. The van der Waals surface area contributed by atoms with Gasteiger partial charge in [-0.2, -0.15) is 0 Å². The zero-order valence-corrected chi connectivity index (χ0v) is 7.52. The first-order valence-electron chi connectivity index (χ1n) is 4.47. The zero-order chi connectivity index (χ0) is 8.72. The highest BCUT2D eigenvalue weighted by Crippen LogP contribution is 2.33. The van der Waals surface area contributed by atoms with Crippen molar-refractivity contribution in [2.24, 2.45) is 0 Å². The van der Waals surface area contributed by atoms with Crippen LogP contribution in [0.15, 0.2) is 12.1 Å². The van der Waals surface area contributed by atoms with Gasteiger partial charge in [0, 0.05) is 0 Å². The van der Waals surface area contributed by atoms with E-state index in [1.165, 1.54) is 17.5 Å². The molecule has 1 heteroatoms. The molecule has 1 aromatic rings. The van der Waals surface area contributed by atoms with E-state index in [-0.39, 0.29) is 5.82 Å². The number of hydrogen-bond donors (Lipinski definition) is 0. The van der Waals surface area contributed by atoms with Gasteiger partial charge >= 0.3 is 0 Å². The van der Waals surface area contributed by atoms with Crippen molar-refractivity contribution in [3.63, 3.8) is 0 Å². The molecule has 1 aliphatic carbocycles. The molecule has 0 fully saturated rings. The molecule has 2 rings (SSSR count). The number of hydrogen-bond acceptors (Lipinski definition) is 0. The van der Waals surface area contributed by atoms with E-state index in [1.807, 2.05) is 13.0 Å². The molecule has 0 heterocycles. The Morgan fingerprint density at radius 3 is 2.92 bits per heavy atom. The molecule has 1 aromatic carbocycles. The summed E-state index contributed by atoms with van der Waals surface area (Å²) in [5.74, 6) is 0.571. The quantitative estimate of drug-likeness (QED) is 0.552. The van der Waals surface area contributed by atoms with Crippen molar-refractivity contribution in [3.05, 3.63) is 34.6 Å². The molecule has 0 bridgehead atoms. The van der Waals surface area contributed by atoms with E-state index in [1.54, 1.807) is 6.07 Å². The molecule has 1 atom stereocenters.